The number of nitrogens with one attached hydrogen (secondary N) is 1. The van der Waals surface area contributed by atoms with Crippen LogP contribution in [0.3, 0.4) is 0 Å². The molecule has 0 aliphatic rings. The Kier molecular flexibility index (Phi) is 6.67. The van der Waals surface area contributed by atoms with Crippen LogP contribution in [0.4, 0.5) is 5.69 Å². The lowest BCUT2D eigenvalue weighted by Gasteiger charge is -2.16. The summed E-state index contributed by atoms with van der Waals surface area (Å²) in [4.78, 5) is 24.9. The van der Waals surface area contributed by atoms with Gasteiger partial charge in [-0.2, -0.15) is 5.10 Å². The minimum atomic E-state index is -0.891. The van der Waals surface area contributed by atoms with E-state index in [4.69, 9.17) is 4.74 Å². The molecule has 0 bridgehead atoms. The highest BCUT2D eigenvalue weighted by molar-refractivity contribution is 5.98. The predicted octanol–water partition coefficient (Wildman–Crippen LogP) is 4.21. The highest BCUT2D eigenvalue weighted by atomic mass is 16.5. The number of rotatable bonds is 7. The number of nitrogens with zero attached hydrogens (tertiary/aromatic N) is 2. The number of carbonyl (C=O) groups excluding carboxylic acids is 2. The van der Waals surface area contributed by atoms with E-state index in [-0.39, 0.29) is 12.3 Å². The van der Waals surface area contributed by atoms with Gasteiger partial charge in [0, 0.05) is 30.4 Å². The Labute approximate surface area is 176 Å². The quantitative estimate of drug-likeness (QED) is 0.598. The van der Waals surface area contributed by atoms with Gasteiger partial charge in [0.1, 0.15) is 0 Å². The number of para-hydroxylation sites is 1. The van der Waals surface area contributed by atoms with Crippen molar-refractivity contribution in [1.82, 2.24) is 9.78 Å². The van der Waals surface area contributed by atoms with E-state index in [1.165, 1.54) is 0 Å². The molecule has 3 rings (SSSR count). The largest absolute Gasteiger partial charge is 0.453 e. The van der Waals surface area contributed by atoms with Crippen molar-refractivity contribution >= 4 is 17.6 Å². The van der Waals surface area contributed by atoms with Crippen LogP contribution in [-0.2, 0) is 27.8 Å². The highest BCUT2D eigenvalue weighted by Gasteiger charge is 2.20. The lowest BCUT2D eigenvalue weighted by atomic mass is 10.0. The molecule has 0 fully saturated rings. The van der Waals surface area contributed by atoms with Gasteiger partial charge < -0.3 is 10.1 Å². The Morgan fingerprint density at radius 3 is 2.40 bits per heavy atom. The number of benzene rings is 2. The first-order chi connectivity index (χ1) is 14.4. The van der Waals surface area contributed by atoms with Crippen LogP contribution in [-0.4, -0.2) is 27.8 Å². The number of hydrogen-bond donors (Lipinski definition) is 1. The molecule has 156 valence electrons. The molecule has 3 aromatic rings. The van der Waals surface area contributed by atoms with Crippen LogP contribution in [0.1, 0.15) is 30.3 Å². The summed E-state index contributed by atoms with van der Waals surface area (Å²) < 4.78 is 7.16. The van der Waals surface area contributed by atoms with Crippen LogP contribution in [0.2, 0.25) is 0 Å². The van der Waals surface area contributed by atoms with Crippen molar-refractivity contribution in [2.45, 2.75) is 39.7 Å². The molecule has 1 aromatic heterocycles. The summed E-state index contributed by atoms with van der Waals surface area (Å²) in [6.45, 7) is 5.48. The van der Waals surface area contributed by atoms with Gasteiger partial charge in [0.15, 0.2) is 6.10 Å². The summed E-state index contributed by atoms with van der Waals surface area (Å²) in [6.07, 6.45) is -0.154. The van der Waals surface area contributed by atoms with E-state index in [2.05, 4.69) is 10.4 Å². The van der Waals surface area contributed by atoms with Crippen LogP contribution in [0, 0.1) is 13.8 Å². The Hall–Kier alpha value is -3.41. The second kappa shape index (κ2) is 9.39. The van der Waals surface area contributed by atoms with Crippen molar-refractivity contribution in [1.29, 1.82) is 0 Å². The minimum Gasteiger partial charge on any atom is -0.453 e. The topological polar surface area (TPSA) is 73.2 Å². The van der Waals surface area contributed by atoms with Crippen molar-refractivity contribution in [3.8, 4) is 11.1 Å². The van der Waals surface area contributed by atoms with Crippen LogP contribution >= 0.6 is 0 Å². The maximum absolute atomic E-state index is 12.6. The molecule has 30 heavy (non-hydrogen) atoms. The van der Waals surface area contributed by atoms with Gasteiger partial charge in [0.05, 0.1) is 5.69 Å². The molecule has 0 saturated carbocycles. The van der Waals surface area contributed by atoms with E-state index >= 15 is 0 Å². The number of carbonyl (C=O) groups is 2. The standard InChI is InChI=1S/C24H27N3O3/c1-16-20(17(2)27(4)26-16)14-15-23(28)30-18(3)24(29)25-22-13-9-8-12-21(22)19-10-6-5-7-11-19/h5-13,18H,14-15H2,1-4H3,(H,25,29). The smallest absolute Gasteiger partial charge is 0.306 e. The molecule has 0 spiro atoms. The van der Waals surface area contributed by atoms with Gasteiger partial charge in [-0.15, -0.1) is 0 Å². The Morgan fingerprint density at radius 2 is 1.73 bits per heavy atom. The lowest BCUT2D eigenvalue weighted by Crippen LogP contribution is -2.30. The molecular weight excluding hydrogens is 378 g/mol. The van der Waals surface area contributed by atoms with E-state index in [0.717, 1.165) is 28.1 Å². The average molecular weight is 405 g/mol. The van der Waals surface area contributed by atoms with Crippen molar-refractivity contribution in [3.05, 3.63) is 71.5 Å². The monoisotopic (exact) mass is 405 g/mol. The normalized spacial score (nSPS) is 11.7. The molecule has 1 amide bonds. The first kappa shape index (κ1) is 21.3. The summed E-state index contributed by atoms with van der Waals surface area (Å²) in [5.74, 6) is -0.767. The average Bonchev–Trinajstić information content (AvgIpc) is 2.98. The fourth-order valence-electron chi connectivity index (χ4n) is 3.41. The molecule has 1 N–H and O–H groups in total. The highest BCUT2D eigenvalue weighted by Crippen LogP contribution is 2.27. The number of esters is 1. The summed E-state index contributed by atoms with van der Waals surface area (Å²) in [5, 5.41) is 7.24. The minimum absolute atomic E-state index is 0.200. The third-order valence-electron chi connectivity index (χ3n) is 5.19. The summed E-state index contributed by atoms with van der Waals surface area (Å²) in [6, 6.07) is 17.4. The van der Waals surface area contributed by atoms with Crippen molar-refractivity contribution in [3.63, 3.8) is 0 Å². The number of aryl methyl sites for hydroxylation is 2. The number of hydrogen-bond acceptors (Lipinski definition) is 4. The fourth-order valence-corrected chi connectivity index (χ4v) is 3.41. The third kappa shape index (κ3) is 4.95. The van der Waals surface area contributed by atoms with E-state index in [1.54, 1.807) is 11.6 Å². The number of anilines is 1. The van der Waals surface area contributed by atoms with E-state index in [0.29, 0.717) is 12.1 Å². The lowest BCUT2D eigenvalue weighted by molar-refractivity contribution is -0.153. The summed E-state index contributed by atoms with van der Waals surface area (Å²) >= 11 is 0. The molecule has 6 nitrogen and oxygen atoms in total. The van der Waals surface area contributed by atoms with Crippen LogP contribution < -0.4 is 5.32 Å². The van der Waals surface area contributed by atoms with Crippen LogP contribution in [0.25, 0.3) is 11.1 Å². The van der Waals surface area contributed by atoms with Crippen molar-refractivity contribution < 1.29 is 14.3 Å². The molecule has 2 aromatic carbocycles. The zero-order chi connectivity index (χ0) is 21.7. The molecule has 6 heteroatoms. The zero-order valence-corrected chi connectivity index (χ0v) is 17.8. The maximum atomic E-state index is 12.6. The van der Waals surface area contributed by atoms with Gasteiger partial charge in [-0.05, 0) is 44.4 Å². The van der Waals surface area contributed by atoms with Crippen molar-refractivity contribution in [2.24, 2.45) is 7.05 Å². The maximum Gasteiger partial charge on any atom is 0.306 e. The van der Waals surface area contributed by atoms with E-state index in [9.17, 15) is 9.59 Å². The van der Waals surface area contributed by atoms with Gasteiger partial charge in [-0.25, -0.2) is 0 Å². The van der Waals surface area contributed by atoms with Gasteiger partial charge in [-0.3, -0.25) is 14.3 Å². The molecule has 1 atom stereocenters. The molecule has 1 heterocycles. The molecule has 0 aliphatic carbocycles. The van der Waals surface area contributed by atoms with Gasteiger partial charge in [0.25, 0.3) is 5.91 Å². The summed E-state index contributed by atoms with van der Waals surface area (Å²) in [7, 11) is 1.88. The third-order valence-corrected chi connectivity index (χ3v) is 5.19. The fraction of sp³-hybridized carbons (Fsp3) is 0.292. The second-order valence-electron chi connectivity index (χ2n) is 7.31. The van der Waals surface area contributed by atoms with E-state index in [1.807, 2.05) is 75.5 Å². The van der Waals surface area contributed by atoms with Gasteiger partial charge in [-0.1, -0.05) is 48.5 Å². The van der Waals surface area contributed by atoms with Crippen LogP contribution in [0.5, 0.6) is 0 Å². The Morgan fingerprint density at radius 1 is 1.07 bits per heavy atom. The first-order valence-electron chi connectivity index (χ1n) is 10.0. The number of amides is 1. The van der Waals surface area contributed by atoms with Crippen molar-refractivity contribution in [2.75, 3.05) is 5.32 Å². The Balaban J connectivity index is 1.59. The van der Waals surface area contributed by atoms with Crippen LogP contribution in [0.15, 0.2) is 54.6 Å². The first-order valence-corrected chi connectivity index (χ1v) is 10.0. The molecule has 0 radical (unpaired) electrons. The number of ether oxygens (including phenoxy) is 1. The summed E-state index contributed by atoms with van der Waals surface area (Å²) in [5.41, 5.74) is 5.57. The van der Waals surface area contributed by atoms with E-state index < -0.39 is 12.1 Å². The molecule has 1 unspecified atom stereocenters. The zero-order valence-electron chi connectivity index (χ0n) is 17.8. The molecular formula is C24H27N3O3. The van der Waals surface area contributed by atoms with Gasteiger partial charge >= 0.3 is 5.97 Å². The molecule has 0 aliphatic heterocycles. The second-order valence-corrected chi connectivity index (χ2v) is 7.31. The predicted molar refractivity (Wildman–Crippen MR) is 117 cm³/mol. The number of aromatic nitrogens is 2. The SMILES string of the molecule is Cc1nn(C)c(C)c1CCC(=O)OC(C)C(=O)Nc1ccccc1-c1ccccc1. The Bertz CT molecular complexity index is 1040. The molecule has 0 saturated heterocycles. The van der Waals surface area contributed by atoms with Gasteiger partial charge in [0.2, 0.25) is 0 Å².